The zero-order valence-electron chi connectivity index (χ0n) is 12.7. The molecule has 2 heterocycles. The van der Waals surface area contributed by atoms with Crippen molar-refractivity contribution in [3.63, 3.8) is 0 Å². The second kappa shape index (κ2) is 6.47. The number of nitrogens with zero attached hydrogens (tertiary/aromatic N) is 2. The molecule has 6 heteroatoms. The maximum atomic E-state index is 11.9. The Morgan fingerprint density at radius 1 is 1.43 bits per heavy atom. The molecule has 0 spiro atoms. The van der Waals surface area contributed by atoms with Crippen LogP contribution in [0, 0.1) is 19.8 Å². The van der Waals surface area contributed by atoms with Gasteiger partial charge in [-0.3, -0.25) is 9.48 Å². The first-order valence-corrected chi connectivity index (χ1v) is 7.74. The predicted molar refractivity (Wildman–Crippen MR) is 84.4 cm³/mol. The SMILES string of the molecule is Cc1nn(Cc2ccc(C(=O)NCC(C)C)o2)c(C)c1Br. The van der Waals surface area contributed by atoms with E-state index >= 15 is 0 Å². The van der Waals surface area contributed by atoms with E-state index in [1.165, 1.54) is 0 Å². The minimum Gasteiger partial charge on any atom is -0.454 e. The van der Waals surface area contributed by atoms with Gasteiger partial charge in [0, 0.05) is 6.54 Å². The van der Waals surface area contributed by atoms with Gasteiger partial charge in [0.05, 0.1) is 22.4 Å². The second-order valence-corrected chi connectivity index (χ2v) is 6.31. The third-order valence-corrected chi connectivity index (χ3v) is 4.30. The van der Waals surface area contributed by atoms with Crippen LogP contribution in [0.15, 0.2) is 21.0 Å². The first-order chi connectivity index (χ1) is 9.88. The minimum absolute atomic E-state index is 0.176. The molecular formula is C15H20BrN3O2. The van der Waals surface area contributed by atoms with Crippen LogP contribution in [0.5, 0.6) is 0 Å². The molecule has 0 fully saturated rings. The lowest BCUT2D eigenvalue weighted by Crippen LogP contribution is -2.26. The number of furan rings is 1. The van der Waals surface area contributed by atoms with Gasteiger partial charge in [-0.2, -0.15) is 5.10 Å². The first kappa shape index (κ1) is 15.8. The fraction of sp³-hybridized carbons (Fsp3) is 0.467. The molecule has 114 valence electrons. The maximum Gasteiger partial charge on any atom is 0.287 e. The molecule has 0 aliphatic heterocycles. The number of aryl methyl sites for hydroxylation is 1. The molecule has 0 saturated carbocycles. The van der Waals surface area contributed by atoms with Gasteiger partial charge < -0.3 is 9.73 Å². The molecule has 0 aliphatic rings. The first-order valence-electron chi connectivity index (χ1n) is 6.95. The number of rotatable bonds is 5. The average molecular weight is 354 g/mol. The molecule has 0 radical (unpaired) electrons. The van der Waals surface area contributed by atoms with E-state index in [0.717, 1.165) is 15.9 Å². The smallest absolute Gasteiger partial charge is 0.287 e. The van der Waals surface area contributed by atoms with Crippen molar-refractivity contribution in [1.29, 1.82) is 0 Å². The third kappa shape index (κ3) is 3.75. The lowest BCUT2D eigenvalue weighted by atomic mass is 10.2. The number of halogens is 1. The van der Waals surface area contributed by atoms with Crippen LogP contribution in [0.4, 0.5) is 0 Å². The number of hydrogen-bond donors (Lipinski definition) is 1. The standard InChI is InChI=1S/C15H20BrN3O2/c1-9(2)7-17-15(20)13-6-5-12(21-13)8-19-11(4)14(16)10(3)18-19/h5-6,9H,7-8H2,1-4H3,(H,17,20). The van der Waals surface area contributed by atoms with Gasteiger partial charge in [0.25, 0.3) is 5.91 Å². The summed E-state index contributed by atoms with van der Waals surface area (Å²) in [7, 11) is 0. The van der Waals surface area contributed by atoms with Gasteiger partial charge in [-0.15, -0.1) is 0 Å². The molecule has 1 N–H and O–H groups in total. The highest BCUT2D eigenvalue weighted by Crippen LogP contribution is 2.21. The lowest BCUT2D eigenvalue weighted by molar-refractivity contribution is 0.0919. The largest absolute Gasteiger partial charge is 0.454 e. The molecule has 2 aromatic heterocycles. The number of nitrogens with one attached hydrogen (secondary N) is 1. The van der Waals surface area contributed by atoms with Gasteiger partial charge in [-0.05, 0) is 47.8 Å². The number of amides is 1. The van der Waals surface area contributed by atoms with Crippen LogP contribution in [0.3, 0.4) is 0 Å². The van der Waals surface area contributed by atoms with E-state index in [1.54, 1.807) is 6.07 Å². The van der Waals surface area contributed by atoms with E-state index in [4.69, 9.17) is 4.42 Å². The lowest BCUT2D eigenvalue weighted by Gasteiger charge is -2.05. The maximum absolute atomic E-state index is 11.9. The Labute approximate surface area is 132 Å². The van der Waals surface area contributed by atoms with Crippen LogP contribution in [-0.2, 0) is 6.54 Å². The summed E-state index contributed by atoms with van der Waals surface area (Å²) >= 11 is 3.50. The van der Waals surface area contributed by atoms with Gasteiger partial charge in [0.2, 0.25) is 0 Å². The van der Waals surface area contributed by atoms with Gasteiger partial charge in [-0.25, -0.2) is 0 Å². The van der Waals surface area contributed by atoms with Gasteiger partial charge in [0.1, 0.15) is 5.76 Å². The molecule has 0 saturated heterocycles. The van der Waals surface area contributed by atoms with Crippen LogP contribution in [0.25, 0.3) is 0 Å². The van der Waals surface area contributed by atoms with Crippen molar-refractivity contribution in [3.8, 4) is 0 Å². The van der Waals surface area contributed by atoms with Crippen molar-refractivity contribution in [2.45, 2.75) is 34.2 Å². The summed E-state index contributed by atoms with van der Waals surface area (Å²) in [5, 5.41) is 7.27. The van der Waals surface area contributed by atoms with E-state index in [9.17, 15) is 4.79 Å². The summed E-state index contributed by atoms with van der Waals surface area (Å²) in [4.78, 5) is 11.9. The Kier molecular flexibility index (Phi) is 4.88. The van der Waals surface area contributed by atoms with Gasteiger partial charge in [0.15, 0.2) is 5.76 Å². The molecule has 0 bridgehead atoms. The fourth-order valence-corrected chi connectivity index (χ4v) is 2.23. The van der Waals surface area contributed by atoms with E-state index < -0.39 is 0 Å². The normalized spacial score (nSPS) is 11.1. The quantitative estimate of drug-likeness (QED) is 0.896. The van der Waals surface area contributed by atoms with Crippen LogP contribution in [0.1, 0.15) is 41.6 Å². The Balaban J connectivity index is 2.06. The monoisotopic (exact) mass is 353 g/mol. The zero-order valence-corrected chi connectivity index (χ0v) is 14.3. The van der Waals surface area contributed by atoms with Crippen molar-refractivity contribution in [1.82, 2.24) is 15.1 Å². The summed E-state index contributed by atoms with van der Waals surface area (Å²) in [5.74, 6) is 1.29. The minimum atomic E-state index is -0.176. The Morgan fingerprint density at radius 3 is 2.71 bits per heavy atom. The van der Waals surface area contributed by atoms with E-state index in [1.807, 2.05) is 24.6 Å². The molecule has 0 aromatic carbocycles. The highest BCUT2D eigenvalue weighted by Gasteiger charge is 2.14. The number of hydrogen-bond acceptors (Lipinski definition) is 3. The number of carbonyl (C=O) groups excluding carboxylic acids is 1. The molecule has 21 heavy (non-hydrogen) atoms. The Bertz CT molecular complexity index is 643. The van der Waals surface area contributed by atoms with E-state index in [2.05, 4.69) is 40.2 Å². The molecule has 0 unspecified atom stereocenters. The summed E-state index contributed by atoms with van der Waals surface area (Å²) < 4.78 is 8.46. The highest BCUT2D eigenvalue weighted by molar-refractivity contribution is 9.10. The van der Waals surface area contributed by atoms with Crippen molar-refractivity contribution >= 4 is 21.8 Å². The van der Waals surface area contributed by atoms with Crippen LogP contribution >= 0.6 is 15.9 Å². The van der Waals surface area contributed by atoms with Crippen molar-refractivity contribution in [2.75, 3.05) is 6.54 Å². The van der Waals surface area contributed by atoms with Crippen molar-refractivity contribution in [3.05, 3.63) is 39.5 Å². The van der Waals surface area contributed by atoms with Gasteiger partial charge in [-0.1, -0.05) is 13.8 Å². The molecule has 2 rings (SSSR count). The Morgan fingerprint density at radius 2 is 2.14 bits per heavy atom. The van der Waals surface area contributed by atoms with Crippen molar-refractivity contribution in [2.24, 2.45) is 5.92 Å². The summed E-state index contributed by atoms with van der Waals surface area (Å²) in [6.45, 7) is 9.18. The summed E-state index contributed by atoms with van der Waals surface area (Å²) in [6, 6.07) is 3.51. The summed E-state index contributed by atoms with van der Waals surface area (Å²) in [6.07, 6.45) is 0. The fourth-order valence-electron chi connectivity index (χ4n) is 1.95. The predicted octanol–water partition coefficient (Wildman–Crippen LogP) is 3.29. The topological polar surface area (TPSA) is 60.1 Å². The van der Waals surface area contributed by atoms with E-state index in [0.29, 0.717) is 30.5 Å². The van der Waals surface area contributed by atoms with Gasteiger partial charge >= 0.3 is 0 Å². The molecule has 0 atom stereocenters. The number of aromatic nitrogens is 2. The molecule has 5 nitrogen and oxygen atoms in total. The third-order valence-electron chi connectivity index (χ3n) is 3.16. The molecule has 2 aromatic rings. The Hall–Kier alpha value is -1.56. The second-order valence-electron chi connectivity index (χ2n) is 5.51. The van der Waals surface area contributed by atoms with Crippen molar-refractivity contribution < 1.29 is 9.21 Å². The van der Waals surface area contributed by atoms with Crippen LogP contribution in [-0.4, -0.2) is 22.2 Å². The average Bonchev–Trinajstić information content (AvgIpc) is 2.98. The number of carbonyl (C=O) groups is 1. The molecular weight excluding hydrogens is 334 g/mol. The zero-order chi connectivity index (χ0) is 15.6. The molecule has 0 aliphatic carbocycles. The molecule has 1 amide bonds. The van der Waals surface area contributed by atoms with E-state index in [-0.39, 0.29) is 5.91 Å². The summed E-state index contributed by atoms with van der Waals surface area (Å²) in [5.41, 5.74) is 1.98. The highest BCUT2D eigenvalue weighted by atomic mass is 79.9. The van der Waals surface area contributed by atoms with Crippen LogP contribution in [0.2, 0.25) is 0 Å². The van der Waals surface area contributed by atoms with Crippen LogP contribution < -0.4 is 5.32 Å².